The molecular formula is C11H21F2N. The number of hydrogen-bond donors (Lipinski definition) is 1. The molecule has 0 atom stereocenters. The summed E-state index contributed by atoms with van der Waals surface area (Å²) in [6, 6.07) is 0. The van der Waals surface area contributed by atoms with E-state index in [9.17, 15) is 8.78 Å². The minimum atomic E-state index is -2.32. The first-order chi connectivity index (χ1) is 6.40. The molecule has 2 rings (SSSR count). The van der Waals surface area contributed by atoms with Crippen molar-refractivity contribution in [3.63, 3.8) is 0 Å². The molecule has 1 spiro atoms. The minimum absolute atomic E-state index is 0.141. The molecular weight excluding hydrogens is 184 g/mol. The molecule has 1 saturated heterocycles. The zero-order chi connectivity index (χ0) is 10.8. The molecule has 0 aromatic heterocycles. The molecule has 0 radical (unpaired) electrons. The normalized spacial score (nSPS) is 27.0. The van der Waals surface area contributed by atoms with Crippen molar-refractivity contribution in [2.45, 2.75) is 46.0 Å². The van der Waals surface area contributed by atoms with Gasteiger partial charge in [0.2, 0.25) is 0 Å². The van der Waals surface area contributed by atoms with E-state index in [-0.39, 0.29) is 6.42 Å². The third-order valence-corrected chi connectivity index (χ3v) is 2.77. The fourth-order valence-electron chi connectivity index (χ4n) is 1.83. The van der Waals surface area contributed by atoms with E-state index in [1.54, 1.807) is 0 Å². The number of nitrogens with one attached hydrogen (secondary N) is 1. The van der Waals surface area contributed by atoms with Gasteiger partial charge in [-0.2, -0.15) is 0 Å². The number of piperidine rings is 1. The van der Waals surface area contributed by atoms with Gasteiger partial charge in [0, 0.05) is 11.8 Å². The second-order valence-electron chi connectivity index (χ2n) is 5.14. The fraction of sp³-hybridized carbons (Fsp3) is 1.00. The van der Waals surface area contributed by atoms with Crippen LogP contribution in [-0.2, 0) is 0 Å². The fourth-order valence-corrected chi connectivity index (χ4v) is 1.83. The summed E-state index contributed by atoms with van der Waals surface area (Å²) in [6.45, 7) is 8.05. The topological polar surface area (TPSA) is 12.0 Å². The predicted molar refractivity (Wildman–Crippen MR) is 54.6 cm³/mol. The molecule has 1 heterocycles. The van der Waals surface area contributed by atoms with E-state index in [0.29, 0.717) is 12.8 Å². The number of halogens is 2. The summed E-state index contributed by atoms with van der Waals surface area (Å²) < 4.78 is 25.3. The largest absolute Gasteiger partial charge is 0.317 e. The van der Waals surface area contributed by atoms with Gasteiger partial charge in [0.1, 0.15) is 0 Å². The van der Waals surface area contributed by atoms with Gasteiger partial charge in [-0.05, 0) is 31.8 Å². The van der Waals surface area contributed by atoms with Gasteiger partial charge >= 0.3 is 0 Å². The Morgan fingerprint density at radius 3 is 1.64 bits per heavy atom. The standard InChI is InChI=1S/C7H11F2N.C4H10/c8-7(9)5-6(7)1-3-10-4-2-6;1-4(2)3/h10H,1-5H2;4H,1-3H3. The van der Waals surface area contributed by atoms with E-state index in [4.69, 9.17) is 0 Å². The van der Waals surface area contributed by atoms with Gasteiger partial charge in [-0.15, -0.1) is 0 Å². The van der Waals surface area contributed by atoms with Crippen molar-refractivity contribution in [2.24, 2.45) is 11.3 Å². The van der Waals surface area contributed by atoms with Crippen molar-refractivity contribution in [1.29, 1.82) is 0 Å². The molecule has 1 aliphatic carbocycles. The second kappa shape index (κ2) is 4.13. The Balaban J connectivity index is 0.000000213. The van der Waals surface area contributed by atoms with Crippen LogP contribution in [-0.4, -0.2) is 19.0 Å². The predicted octanol–water partition coefficient (Wildman–Crippen LogP) is 3.06. The molecule has 0 aromatic rings. The summed E-state index contributed by atoms with van der Waals surface area (Å²) in [7, 11) is 0. The van der Waals surface area contributed by atoms with Crippen LogP contribution < -0.4 is 5.32 Å². The van der Waals surface area contributed by atoms with Crippen molar-refractivity contribution in [3.05, 3.63) is 0 Å². The molecule has 2 aliphatic rings. The average Bonchev–Trinajstić information content (AvgIpc) is 2.52. The lowest BCUT2D eigenvalue weighted by Gasteiger charge is -2.21. The van der Waals surface area contributed by atoms with E-state index in [2.05, 4.69) is 26.1 Å². The third kappa shape index (κ3) is 2.66. The maximum Gasteiger partial charge on any atom is 0.254 e. The summed E-state index contributed by atoms with van der Waals surface area (Å²) in [5.74, 6) is -1.49. The highest BCUT2D eigenvalue weighted by atomic mass is 19.3. The molecule has 1 saturated carbocycles. The zero-order valence-corrected chi connectivity index (χ0v) is 9.37. The molecule has 84 valence electrons. The Hall–Kier alpha value is -0.180. The molecule has 0 unspecified atom stereocenters. The van der Waals surface area contributed by atoms with E-state index in [1.807, 2.05) is 0 Å². The van der Waals surface area contributed by atoms with Crippen LogP contribution in [0.5, 0.6) is 0 Å². The lowest BCUT2D eigenvalue weighted by Crippen LogP contribution is -2.31. The van der Waals surface area contributed by atoms with Gasteiger partial charge in [-0.25, -0.2) is 8.78 Å². The molecule has 0 bridgehead atoms. The van der Waals surface area contributed by atoms with Crippen molar-refractivity contribution >= 4 is 0 Å². The van der Waals surface area contributed by atoms with Crippen LogP contribution >= 0.6 is 0 Å². The Kier molecular flexibility index (Phi) is 3.51. The van der Waals surface area contributed by atoms with E-state index in [0.717, 1.165) is 19.0 Å². The maximum atomic E-state index is 12.6. The van der Waals surface area contributed by atoms with Crippen molar-refractivity contribution in [2.75, 3.05) is 13.1 Å². The van der Waals surface area contributed by atoms with Crippen LogP contribution in [0.2, 0.25) is 0 Å². The molecule has 0 amide bonds. The average molecular weight is 205 g/mol. The van der Waals surface area contributed by atoms with Gasteiger partial charge in [0.05, 0.1) is 0 Å². The van der Waals surface area contributed by atoms with Gasteiger partial charge in [-0.3, -0.25) is 0 Å². The molecule has 1 N–H and O–H groups in total. The molecule has 3 heteroatoms. The first kappa shape index (κ1) is 11.9. The Labute approximate surface area is 85.3 Å². The SMILES string of the molecule is CC(C)C.FC1(F)CC12CCNCC2. The van der Waals surface area contributed by atoms with Crippen LogP contribution in [0.25, 0.3) is 0 Å². The Morgan fingerprint density at radius 2 is 1.43 bits per heavy atom. The summed E-state index contributed by atoms with van der Waals surface area (Å²) in [4.78, 5) is 0. The quantitative estimate of drug-likeness (QED) is 0.641. The van der Waals surface area contributed by atoms with Gasteiger partial charge in [-0.1, -0.05) is 20.8 Å². The third-order valence-electron chi connectivity index (χ3n) is 2.77. The molecule has 14 heavy (non-hydrogen) atoms. The van der Waals surface area contributed by atoms with Crippen molar-refractivity contribution in [1.82, 2.24) is 5.32 Å². The number of alkyl halides is 2. The summed E-state index contributed by atoms with van der Waals surface area (Å²) in [6.07, 6.45) is 1.47. The lowest BCUT2D eigenvalue weighted by atomic mass is 9.94. The minimum Gasteiger partial charge on any atom is -0.317 e. The Bertz CT molecular complexity index is 181. The smallest absolute Gasteiger partial charge is 0.254 e. The lowest BCUT2D eigenvalue weighted by molar-refractivity contribution is 0.0510. The first-order valence-corrected chi connectivity index (χ1v) is 5.48. The first-order valence-electron chi connectivity index (χ1n) is 5.48. The number of hydrogen-bond acceptors (Lipinski definition) is 1. The molecule has 1 nitrogen and oxygen atoms in total. The van der Waals surface area contributed by atoms with Crippen molar-refractivity contribution < 1.29 is 8.78 Å². The maximum absolute atomic E-state index is 12.6. The zero-order valence-electron chi connectivity index (χ0n) is 9.37. The van der Waals surface area contributed by atoms with Gasteiger partial charge in [0.15, 0.2) is 0 Å². The summed E-state index contributed by atoms with van der Waals surface area (Å²) in [5, 5.41) is 3.08. The summed E-state index contributed by atoms with van der Waals surface area (Å²) >= 11 is 0. The van der Waals surface area contributed by atoms with E-state index in [1.165, 1.54) is 0 Å². The van der Waals surface area contributed by atoms with Crippen LogP contribution in [0.1, 0.15) is 40.0 Å². The highest BCUT2D eigenvalue weighted by molar-refractivity contribution is 5.11. The highest BCUT2D eigenvalue weighted by Crippen LogP contribution is 2.65. The highest BCUT2D eigenvalue weighted by Gasteiger charge is 2.70. The van der Waals surface area contributed by atoms with Gasteiger partial charge in [0.25, 0.3) is 5.92 Å². The van der Waals surface area contributed by atoms with Gasteiger partial charge < -0.3 is 5.32 Å². The van der Waals surface area contributed by atoms with Crippen LogP contribution in [0, 0.1) is 11.3 Å². The van der Waals surface area contributed by atoms with Crippen LogP contribution in [0.15, 0.2) is 0 Å². The molecule has 0 aromatic carbocycles. The van der Waals surface area contributed by atoms with Crippen LogP contribution in [0.4, 0.5) is 8.78 Å². The monoisotopic (exact) mass is 205 g/mol. The van der Waals surface area contributed by atoms with E-state index < -0.39 is 11.3 Å². The Morgan fingerprint density at radius 1 is 1.07 bits per heavy atom. The second-order valence-corrected chi connectivity index (χ2v) is 5.14. The summed E-state index contributed by atoms with van der Waals surface area (Å²) in [5.41, 5.74) is -0.571. The van der Waals surface area contributed by atoms with Crippen molar-refractivity contribution in [3.8, 4) is 0 Å². The van der Waals surface area contributed by atoms with Crippen LogP contribution in [0.3, 0.4) is 0 Å². The molecule has 2 fully saturated rings. The molecule has 1 aliphatic heterocycles. The number of rotatable bonds is 0. The van der Waals surface area contributed by atoms with E-state index >= 15 is 0 Å².